The minimum atomic E-state index is -2.89. The highest BCUT2D eigenvalue weighted by atomic mass is 32.2. The lowest BCUT2D eigenvalue weighted by atomic mass is 9.47. The van der Waals surface area contributed by atoms with Crippen molar-refractivity contribution in [3.63, 3.8) is 0 Å². The molecule has 1 heterocycles. The Labute approximate surface area is 200 Å². The quantitative estimate of drug-likeness (QED) is 0.522. The van der Waals surface area contributed by atoms with Crippen molar-refractivity contribution in [2.24, 2.45) is 41.4 Å². The lowest BCUT2D eigenvalue weighted by Crippen LogP contribution is -2.62. The van der Waals surface area contributed by atoms with Crippen LogP contribution in [0.2, 0.25) is 0 Å². The first-order chi connectivity index (χ1) is 16.2. The van der Waals surface area contributed by atoms with Crippen LogP contribution in [0.25, 0.3) is 10.9 Å². The van der Waals surface area contributed by atoms with Crippen LogP contribution >= 0.6 is 0 Å². The van der Waals surface area contributed by atoms with Gasteiger partial charge in [-0.15, -0.1) is 0 Å². The molecule has 0 aliphatic heterocycles. The third-order valence-corrected chi connectivity index (χ3v) is 10.0. The van der Waals surface area contributed by atoms with Crippen molar-refractivity contribution in [1.82, 2.24) is 9.88 Å². The third-order valence-electron chi connectivity index (χ3n) is 9.25. The van der Waals surface area contributed by atoms with Gasteiger partial charge in [0.25, 0.3) is 0 Å². The summed E-state index contributed by atoms with van der Waals surface area (Å²) < 4.78 is 27.8. The van der Waals surface area contributed by atoms with Crippen LogP contribution in [-0.4, -0.2) is 37.4 Å². The number of aromatic nitrogens is 1. The molecule has 1 aromatic heterocycles. The largest absolute Gasteiger partial charge is 0.369 e. The Kier molecular flexibility index (Phi) is 4.82. The molecular weight excluding hydrogens is 452 g/mol. The number of nitrogens with two attached hydrogens (primary N) is 1. The summed E-state index contributed by atoms with van der Waals surface area (Å²) in [6.07, 6.45) is 7.82. The summed E-state index contributed by atoms with van der Waals surface area (Å²) in [5.74, 6) is 0.875. The molecule has 8 nitrogen and oxygen atoms in total. The maximum Gasteiger partial charge on any atom is 0.228 e. The van der Waals surface area contributed by atoms with Gasteiger partial charge in [-0.2, -0.15) is 0 Å². The van der Waals surface area contributed by atoms with E-state index in [1.54, 1.807) is 0 Å². The smallest absolute Gasteiger partial charge is 0.228 e. The molecule has 2 amide bonds. The first-order valence-electron chi connectivity index (χ1n) is 12.3. The number of anilines is 1. The van der Waals surface area contributed by atoms with Crippen molar-refractivity contribution in [2.45, 2.75) is 51.0 Å². The number of rotatable bonds is 7. The van der Waals surface area contributed by atoms with Gasteiger partial charge in [-0.3, -0.25) is 13.9 Å². The summed E-state index contributed by atoms with van der Waals surface area (Å²) in [6.45, 7) is 0.159. The molecule has 5 aliphatic carbocycles. The van der Waals surface area contributed by atoms with Crippen molar-refractivity contribution in [2.75, 3.05) is 10.8 Å². The fraction of sp³-hybridized carbons (Fsp3) is 0.600. The number of primary amides is 1. The average molecular weight is 485 g/mol. The Hall–Kier alpha value is -2.55. The molecule has 0 spiro atoms. The van der Waals surface area contributed by atoms with Crippen LogP contribution in [0.1, 0.15) is 44.9 Å². The van der Waals surface area contributed by atoms with Gasteiger partial charge < -0.3 is 15.6 Å². The molecule has 2 atom stereocenters. The summed E-state index contributed by atoms with van der Waals surface area (Å²) in [5.41, 5.74) is 6.35. The van der Waals surface area contributed by atoms with E-state index < -0.39 is 16.3 Å². The number of nitrogens with one attached hydrogen (secondary N) is 1. The molecule has 2 unspecified atom stereocenters. The van der Waals surface area contributed by atoms with E-state index in [0.717, 1.165) is 43.0 Å². The minimum absolute atomic E-state index is 0.0410. The maximum atomic E-state index is 13.5. The van der Waals surface area contributed by atoms with Gasteiger partial charge in [0.1, 0.15) is 0 Å². The fourth-order valence-electron chi connectivity index (χ4n) is 7.43. The van der Waals surface area contributed by atoms with Gasteiger partial charge in [-0.05, 0) is 87.0 Å². The Morgan fingerprint density at radius 2 is 1.85 bits per heavy atom. The van der Waals surface area contributed by atoms with Gasteiger partial charge in [0, 0.05) is 42.1 Å². The van der Waals surface area contributed by atoms with Crippen LogP contribution in [0.4, 0.5) is 5.69 Å². The van der Waals surface area contributed by atoms with E-state index in [-0.39, 0.29) is 41.7 Å². The number of thiol groups is 1. The number of benzene rings is 1. The van der Waals surface area contributed by atoms with Crippen molar-refractivity contribution >= 4 is 39.3 Å². The fourth-order valence-corrected chi connectivity index (χ4v) is 8.13. The predicted octanol–water partition coefficient (Wildman–Crippen LogP) is 2.09. The van der Waals surface area contributed by atoms with E-state index in [1.807, 2.05) is 42.1 Å². The number of carbonyl (C=O) groups is 2. The van der Waals surface area contributed by atoms with Gasteiger partial charge in [0.05, 0.1) is 11.1 Å². The Balaban J connectivity index is 1.20. The molecule has 3 N–H and O–H groups in total. The molecule has 7 rings (SSSR count). The standard InChI is InChI=1S/C25H32N4O4S/c1-28-7-4-16-10-19(2-3-20(16)28)29(34(32)33)14-24(5-6-24)23(31)27-21-17-8-15-9-18(21)13-25(11-15,12-17)22(26)30/h2-4,7,10,15,17-18,21,34H,5-6,8-9,11-14H2,1H3,(H2,26,30)(H,27,31). The normalized spacial score (nSPS) is 32.8. The maximum absolute atomic E-state index is 13.5. The predicted molar refractivity (Wildman–Crippen MR) is 129 cm³/mol. The van der Waals surface area contributed by atoms with Crippen molar-refractivity contribution in [3.8, 4) is 0 Å². The van der Waals surface area contributed by atoms with Crippen LogP contribution in [0.3, 0.4) is 0 Å². The van der Waals surface area contributed by atoms with Gasteiger partial charge >= 0.3 is 0 Å². The second kappa shape index (κ2) is 7.47. The molecule has 4 bridgehead atoms. The number of aryl methyl sites for hydroxylation is 1. The van der Waals surface area contributed by atoms with Gasteiger partial charge in [0.2, 0.25) is 22.7 Å². The lowest BCUT2D eigenvalue weighted by Gasteiger charge is -2.59. The summed E-state index contributed by atoms with van der Waals surface area (Å²) in [7, 11) is -0.935. The third kappa shape index (κ3) is 3.34. The highest BCUT2D eigenvalue weighted by molar-refractivity contribution is 7.74. The zero-order valence-corrected chi connectivity index (χ0v) is 20.3. The van der Waals surface area contributed by atoms with Crippen LogP contribution in [0.15, 0.2) is 30.5 Å². The molecule has 9 heteroatoms. The summed E-state index contributed by atoms with van der Waals surface area (Å²) in [6, 6.07) is 7.61. The molecule has 34 heavy (non-hydrogen) atoms. The van der Waals surface area contributed by atoms with E-state index >= 15 is 0 Å². The molecule has 5 fully saturated rings. The number of hydrogen-bond donors (Lipinski definition) is 3. The lowest BCUT2D eigenvalue weighted by molar-refractivity contribution is -0.148. The minimum Gasteiger partial charge on any atom is -0.369 e. The molecule has 0 radical (unpaired) electrons. The van der Waals surface area contributed by atoms with E-state index in [1.165, 1.54) is 4.31 Å². The van der Waals surface area contributed by atoms with E-state index in [4.69, 9.17) is 5.73 Å². The van der Waals surface area contributed by atoms with Crippen molar-refractivity contribution < 1.29 is 18.0 Å². The summed E-state index contributed by atoms with van der Waals surface area (Å²) in [5, 5.41) is 4.30. The number of amides is 2. The van der Waals surface area contributed by atoms with E-state index in [9.17, 15) is 18.0 Å². The molecular formula is C25H32N4O4S. The summed E-state index contributed by atoms with van der Waals surface area (Å²) >= 11 is 0. The van der Waals surface area contributed by atoms with Gasteiger partial charge in [0.15, 0.2) is 0 Å². The Morgan fingerprint density at radius 1 is 1.15 bits per heavy atom. The monoisotopic (exact) mass is 484 g/mol. The molecule has 0 saturated heterocycles. The van der Waals surface area contributed by atoms with E-state index in [0.29, 0.717) is 24.4 Å². The van der Waals surface area contributed by atoms with Gasteiger partial charge in [-0.25, -0.2) is 8.42 Å². The molecule has 182 valence electrons. The molecule has 2 aromatic rings. The SMILES string of the molecule is Cn1ccc2cc(N(CC3(C(=O)NC4C5CC6CC4CC(C(N)=O)(C6)C5)CC3)[SH](=O)=O)ccc21. The van der Waals surface area contributed by atoms with Crippen LogP contribution in [-0.2, 0) is 27.5 Å². The number of fused-ring (bicyclic) bond motifs is 1. The second-order valence-corrected chi connectivity index (χ2v) is 12.3. The number of nitrogens with zero attached hydrogens (tertiary/aromatic N) is 2. The zero-order valence-electron chi connectivity index (χ0n) is 19.4. The van der Waals surface area contributed by atoms with Crippen molar-refractivity contribution in [1.29, 1.82) is 0 Å². The zero-order chi connectivity index (χ0) is 23.8. The second-order valence-electron chi connectivity index (χ2n) is 11.4. The van der Waals surface area contributed by atoms with Gasteiger partial charge in [-0.1, -0.05) is 0 Å². The van der Waals surface area contributed by atoms with E-state index in [2.05, 4.69) is 5.32 Å². The average Bonchev–Trinajstić information content (AvgIpc) is 3.50. The van der Waals surface area contributed by atoms with Crippen LogP contribution < -0.4 is 15.4 Å². The topological polar surface area (TPSA) is 114 Å². The first-order valence-corrected chi connectivity index (χ1v) is 13.4. The number of carbonyl (C=O) groups excluding carboxylic acids is 2. The van der Waals surface area contributed by atoms with Crippen LogP contribution in [0.5, 0.6) is 0 Å². The summed E-state index contributed by atoms with van der Waals surface area (Å²) in [4.78, 5) is 25.7. The number of hydrogen-bond acceptors (Lipinski definition) is 4. The first kappa shape index (κ1) is 21.9. The molecule has 5 saturated carbocycles. The molecule has 1 aromatic carbocycles. The Bertz CT molecular complexity index is 1240. The van der Waals surface area contributed by atoms with Crippen LogP contribution in [0, 0.1) is 28.6 Å². The Morgan fingerprint density at radius 3 is 2.47 bits per heavy atom. The highest BCUT2D eigenvalue weighted by Crippen LogP contribution is 2.60. The van der Waals surface area contributed by atoms with Crippen molar-refractivity contribution in [3.05, 3.63) is 30.5 Å². The highest BCUT2D eigenvalue weighted by Gasteiger charge is 2.59. The molecule has 5 aliphatic rings.